The predicted molar refractivity (Wildman–Crippen MR) is 156 cm³/mol. The zero-order valence-corrected chi connectivity index (χ0v) is 24.2. The third-order valence-electron chi connectivity index (χ3n) is 6.52. The third-order valence-corrected chi connectivity index (χ3v) is 7.71. The van der Waals surface area contributed by atoms with Gasteiger partial charge in [0.15, 0.2) is 0 Å². The Morgan fingerprint density at radius 3 is 2.12 bits per heavy atom. The van der Waals surface area contributed by atoms with Crippen molar-refractivity contribution in [1.82, 2.24) is 10.2 Å². The summed E-state index contributed by atoms with van der Waals surface area (Å²) >= 11 is 0. The van der Waals surface area contributed by atoms with Gasteiger partial charge in [-0.1, -0.05) is 42.5 Å². The van der Waals surface area contributed by atoms with E-state index in [1.807, 2.05) is 54.6 Å². The topological polar surface area (TPSA) is 105 Å². The first-order valence-electron chi connectivity index (χ1n) is 13.0. The first kappa shape index (κ1) is 30.5. The summed E-state index contributed by atoms with van der Waals surface area (Å²) in [4.78, 5) is 28.4. The highest BCUT2D eigenvalue weighted by atomic mass is 32.2. The van der Waals surface area contributed by atoms with E-state index in [1.54, 1.807) is 43.3 Å². The second-order valence-corrected chi connectivity index (χ2v) is 11.2. The van der Waals surface area contributed by atoms with Crippen LogP contribution in [-0.4, -0.2) is 65.2 Å². The maximum Gasteiger partial charge on any atom is 0.242 e. The summed E-state index contributed by atoms with van der Waals surface area (Å²) in [7, 11) is 1.06. The molecular weight excluding hydrogens is 530 g/mol. The number of hydrogen-bond donors (Lipinski definition) is 1. The standard InChI is InChI=1S/C30H37N3O6S/c1-31-30(35)28(21-23-10-6-5-7-11-23)32(22-24-12-8-13-27(20-24)39-3)29(34)14-9-19-33(40(4,36)37)25-15-17-26(38-2)18-16-25/h5-8,10-13,15-18,20,28H,9,14,19,21-22H2,1-4H3,(H,31,35)/t28-/m1/s1. The van der Waals surface area contributed by atoms with E-state index in [4.69, 9.17) is 9.47 Å². The average Bonchev–Trinajstić information content (AvgIpc) is 2.96. The van der Waals surface area contributed by atoms with Crippen LogP contribution in [0, 0.1) is 0 Å². The maximum atomic E-state index is 13.7. The fourth-order valence-corrected chi connectivity index (χ4v) is 5.41. The molecule has 0 aromatic heterocycles. The van der Waals surface area contributed by atoms with Gasteiger partial charge in [0, 0.05) is 33.0 Å². The van der Waals surface area contributed by atoms with Crippen molar-refractivity contribution in [1.29, 1.82) is 0 Å². The number of methoxy groups -OCH3 is 2. The van der Waals surface area contributed by atoms with Gasteiger partial charge in [0.25, 0.3) is 0 Å². The minimum atomic E-state index is -3.60. The number of anilines is 1. The lowest BCUT2D eigenvalue weighted by Crippen LogP contribution is -2.49. The van der Waals surface area contributed by atoms with Crippen molar-refractivity contribution in [2.45, 2.75) is 31.8 Å². The molecule has 3 rings (SSSR count). The quantitative estimate of drug-likeness (QED) is 0.319. The van der Waals surface area contributed by atoms with E-state index >= 15 is 0 Å². The minimum Gasteiger partial charge on any atom is -0.497 e. The molecule has 0 radical (unpaired) electrons. The van der Waals surface area contributed by atoms with Gasteiger partial charge < -0.3 is 19.7 Å². The number of sulfonamides is 1. The van der Waals surface area contributed by atoms with E-state index in [2.05, 4.69) is 5.32 Å². The number of nitrogens with zero attached hydrogens (tertiary/aromatic N) is 2. The van der Waals surface area contributed by atoms with Gasteiger partial charge in [-0.25, -0.2) is 8.42 Å². The van der Waals surface area contributed by atoms with Crippen LogP contribution in [0.15, 0.2) is 78.9 Å². The summed E-state index contributed by atoms with van der Waals surface area (Å²) in [5, 5.41) is 2.70. The number of amides is 2. The Morgan fingerprint density at radius 2 is 1.52 bits per heavy atom. The smallest absolute Gasteiger partial charge is 0.242 e. The summed E-state index contributed by atoms with van der Waals surface area (Å²) in [6.07, 6.45) is 1.78. The lowest BCUT2D eigenvalue weighted by Gasteiger charge is -2.31. The van der Waals surface area contributed by atoms with Crippen molar-refractivity contribution < 1.29 is 27.5 Å². The van der Waals surface area contributed by atoms with E-state index in [9.17, 15) is 18.0 Å². The van der Waals surface area contributed by atoms with Crippen LogP contribution in [0.1, 0.15) is 24.0 Å². The van der Waals surface area contributed by atoms with Crippen molar-refractivity contribution in [3.05, 3.63) is 90.0 Å². The summed E-state index contributed by atoms with van der Waals surface area (Å²) in [6, 6.07) is 22.8. The summed E-state index contributed by atoms with van der Waals surface area (Å²) in [5.41, 5.74) is 2.21. The Balaban J connectivity index is 1.85. The van der Waals surface area contributed by atoms with Crippen LogP contribution in [0.5, 0.6) is 11.5 Å². The van der Waals surface area contributed by atoms with Gasteiger partial charge in [-0.3, -0.25) is 13.9 Å². The summed E-state index contributed by atoms with van der Waals surface area (Å²) in [5.74, 6) is 0.721. The van der Waals surface area contributed by atoms with Gasteiger partial charge in [-0.2, -0.15) is 0 Å². The first-order chi connectivity index (χ1) is 19.2. The SMILES string of the molecule is CNC(=O)[C@@H](Cc1ccccc1)N(Cc1cccc(OC)c1)C(=O)CCCN(c1ccc(OC)cc1)S(C)(=O)=O. The number of ether oxygens (including phenoxy) is 2. The van der Waals surface area contributed by atoms with Crippen LogP contribution in [0.3, 0.4) is 0 Å². The van der Waals surface area contributed by atoms with Gasteiger partial charge >= 0.3 is 0 Å². The van der Waals surface area contributed by atoms with Crippen LogP contribution in [0.25, 0.3) is 0 Å². The van der Waals surface area contributed by atoms with E-state index in [0.717, 1.165) is 17.4 Å². The zero-order chi connectivity index (χ0) is 29.1. The number of likely N-dealkylation sites (N-methyl/N-ethyl adjacent to an activating group) is 1. The molecule has 0 aliphatic heterocycles. The molecule has 0 fully saturated rings. The first-order valence-corrected chi connectivity index (χ1v) is 14.8. The van der Waals surface area contributed by atoms with Crippen molar-refractivity contribution in [2.75, 3.05) is 38.4 Å². The lowest BCUT2D eigenvalue weighted by molar-refractivity contribution is -0.141. The van der Waals surface area contributed by atoms with Crippen LogP contribution in [-0.2, 0) is 32.6 Å². The fourth-order valence-electron chi connectivity index (χ4n) is 4.44. The minimum absolute atomic E-state index is 0.0500. The molecule has 1 N–H and O–H groups in total. The van der Waals surface area contributed by atoms with Crippen LogP contribution in [0.2, 0.25) is 0 Å². The van der Waals surface area contributed by atoms with Crippen molar-refractivity contribution >= 4 is 27.5 Å². The molecule has 40 heavy (non-hydrogen) atoms. The van der Waals surface area contributed by atoms with E-state index in [1.165, 1.54) is 11.4 Å². The molecule has 3 aromatic rings. The molecule has 0 spiro atoms. The molecule has 0 aliphatic carbocycles. The Kier molecular flexibility index (Phi) is 11.0. The van der Waals surface area contributed by atoms with Crippen LogP contribution < -0.4 is 19.1 Å². The highest BCUT2D eigenvalue weighted by Crippen LogP contribution is 2.23. The molecule has 1 atom stereocenters. The zero-order valence-electron chi connectivity index (χ0n) is 23.4. The second kappa shape index (κ2) is 14.4. The van der Waals surface area contributed by atoms with E-state index in [0.29, 0.717) is 23.6 Å². The van der Waals surface area contributed by atoms with Gasteiger partial charge in [0.05, 0.1) is 26.2 Å². The molecule has 0 bridgehead atoms. The molecule has 10 heteroatoms. The number of hydrogen-bond acceptors (Lipinski definition) is 6. The normalized spacial score (nSPS) is 11.8. The molecule has 2 amide bonds. The van der Waals surface area contributed by atoms with Crippen molar-refractivity contribution in [2.24, 2.45) is 0 Å². The van der Waals surface area contributed by atoms with Crippen molar-refractivity contribution in [3.8, 4) is 11.5 Å². The van der Waals surface area contributed by atoms with Crippen LogP contribution >= 0.6 is 0 Å². The number of carbonyl (C=O) groups excluding carboxylic acids is 2. The molecule has 0 saturated carbocycles. The van der Waals surface area contributed by atoms with Gasteiger partial charge in [-0.05, 0) is 53.9 Å². The van der Waals surface area contributed by atoms with Gasteiger partial charge in [-0.15, -0.1) is 0 Å². The molecule has 214 valence electrons. The number of benzene rings is 3. The summed E-state index contributed by atoms with van der Waals surface area (Å²) < 4.78 is 36.9. The Bertz CT molecular complexity index is 1360. The van der Waals surface area contributed by atoms with E-state index < -0.39 is 16.1 Å². The Morgan fingerprint density at radius 1 is 0.875 bits per heavy atom. The molecule has 0 aliphatic rings. The molecule has 0 unspecified atom stereocenters. The van der Waals surface area contributed by atoms with Gasteiger partial charge in [0.2, 0.25) is 21.8 Å². The summed E-state index contributed by atoms with van der Waals surface area (Å²) in [6.45, 7) is 0.294. The van der Waals surface area contributed by atoms with Crippen molar-refractivity contribution in [3.63, 3.8) is 0 Å². The molecule has 0 heterocycles. The lowest BCUT2D eigenvalue weighted by atomic mass is 10.0. The Labute approximate surface area is 236 Å². The maximum absolute atomic E-state index is 13.7. The monoisotopic (exact) mass is 567 g/mol. The molecular formula is C30H37N3O6S. The molecule has 3 aromatic carbocycles. The fraction of sp³-hybridized carbons (Fsp3) is 0.333. The number of carbonyl (C=O) groups is 2. The van der Waals surface area contributed by atoms with E-state index in [-0.39, 0.29) is 37.7 Å². The highest BCUT2D eigenvalue weighted by Gasteiger charge is 2.30. The molecule has 9 nitrogen and oxygen atoms in total. The number of nitrogens with one attached hydrogen (secondary N) is 1. The van der Waals surface area contributed by atoms with Gasteiger partial charge in [0.1, 0.15) is 17.5 Å². The molecule has 0 saturated heterocycles. The third kappa shape index (κ3) is 8.47. The number of rotatable bonds is 14. The highest BCUT2D eigenvalue weighted by molar-refractivity contribution is 7.92. The largest absolute Gasteiger partial charge is 0.497 e. The predicted octanol–water partition coefficient (Wildman–Crippen LogP) is 3.64. The second-order valence-electron chi connectivity index (χ2n) is 9.33. The Hall–Kier alpha value is -4.05. The average molecular weight is 568 g/mol. The van der Waals surface area contributed by atoms with Crippen LogP contribution in [0.4, 0.5) is 5.69 Å².